The minimum absolute atomic E-state index is 0.278. The summed E-state index contributed by atoms with van der Waals surface area (Å²) in [5.41, 5.74) is 1.39. The summed E-state index contributed by atoms with van der Waals surface area (Å²) in [6, 6.07) is 13.8. The van der Waals surface area contributed by atoms with Gasteiger partial charge in [0.05, 0.1) is 6.10 Å². The third kappa shape index (κ3) is 3.31. The average molecular weight is 265 g/mol. The van der Waals surface area contributed by atoms with E-state index in [9.17, 15) is 9.50 Å². The van der Waals surface area contributed by atoms with Gasteiger partial charge >= 0.3 is 0 Å². The van der Waals surface area contributed by atoms with Gasteiger partial charge in [-0.15, -0.1) is 0 Å². The van der Waals surface area contributed by atoms with E-state index < -0.39 is 6.10 Å². The lowest BCUT2D eigenvalue weighted by Crippen LogP contribution is -2.00. The standard InChI is InChI=1S/C15H14ClFO/c16-13-7-8-14(17)12(10-13)6-9-15(18)11-4-2-1-3-5-11/h1-5,7-8,10,15,18H,6,9H2. The summed E-state index contributed by atoms with van der Waals surface area (Å²) < 4.78 is 13.5. The number of aliphatic hydroxyl groups is 1. The van der Waals surface area contributed by atoms with Crippen LogP contribution >= 0.6 is 11.6 Å². The number of hydrogen-bond donors (Lipinski definition) is 1. The van der Waals surface area contributed by atoms with E-state index in [-0.39, 0.29) is 5.82 Å². The number of hydrogen-bond acceptors (Lipinski definition) is 1. The fraction of sp³-hybridized carbons (Fsp3) is 0.200. The lowest BCUT2D eigenvalue weighted by molar-refractivity contribution is 0.167. The number of halogens is 2. The number of benzene rings is 2. The summed E-state index contributed by atoms with van der Waals surface area (Å²) in [5.74, 6) is -0.278. The molecule has 0 aromatic heterocycles. The van der Waals surface area contributed by atoms with Gasteiger partial charge < -0.3 is 5.11 Å². The Morgan fingerprint density at radius 3 is 2.56 bits per heavy atom. The molecular formula is C15H14ClFO. The van der Waals surface area contributed by atoms with Gasteiger partial charge in [0.25, 0.3) is 0 Å². The highest BCUT2D eigenvalue weighted by Gasteiger charge is 2.09. The SMILES string of the molecule is OC(CCc1cc(Cl)ccc1F)c1ccccc1. The summed E-state index contributed by atoms with van der Waals surface area (Å²) in [4.78, 5) is 0. The first-order valence-electron chi connectivity index (χ1n) is 5.84. The molecule has 1 unspecified atom stereocenters. The molecule has 2 aromatic rings. The Kier molecular flexibility index (Phi) is 4.34. The van der Waals surface area contributed by atoms with E-state index in [2.05, 4.69) is 0 Å². The summed E-state index contributed by atoms with van der Waals surface area (Å²) in [5, 5.41) is 10.5. The molecule has 0 spiro atoms. The van der Waals surface area contributed by atoms with E-state index in [1.807, 2.05) is 30.3 Å². The first-order chi connectivity index (χ1) is 8.66. The zero-order valence-corrected chi connectivity index (χ0v) is 10.6. The van der Waals surface area contributed by atoms with Gasteiger partial charge in [0.15, 0.2) is 0 Å². The molecular weight excluding hydrogens is 251 g/mol. The van der Waals surface area contributed by atoms with Crippen molar-refractivity contribution in [3.8, 4) is 0 Å². The lowest BCUT2D eigenvalue weighted by atomic mass is 10.0. The van der Waals surface area contributed by atoms with E-state index >= 15 is 0 Å². The Morgan fingerprint density at radius 1 is 1.11 bits per heavy atom. The fourth-order valence-electron chi connectivity index (χ4n) is 1.87. The quantitative estimate of drug-likeness (QED) is 0.880. The maximum Gasteiger partial charge on any atom is 0.126 e. The van der Waals surface area contributed by atoms with Gasteiger partial charge in [-0.05, 0) is 42.2 Å². The van der Waals surface area contributed by atoms with Crippen molar-refractivity contribution in [2.75, 3.05) is 0 Å². The minimum atomic E-state index is -0.579. The van der Waals surface area contributed by atoms with E-state index in [0.29, 0.717) is 23.4 Å². The van der Waals surface area contributed by atoms with Crippen molar-refractivity contribution in [1.82, 2.24) is 0 Å². The minimum Gasteiger partial charge on any atom is -0.388 e. The second-order valence-electron chi connectivity index (χ2n) is 4.20. The topological polar surface area (TPSA) is 20.2 Å². The van der Waals surface area contributed by atoms with Gasteiger partial charge in [0.2, 0.25) is 0 Å². The van der Waals surface area contributed by atoms with Crippen molar-refractivity contribution in [1.29, 1.82) is 0 Å². The predicted molar refractivity (Wildman–Crippen MR) is 71.1 cm³/mol. The van der Waals surface area contributed by atoms with E-state index in [4.69, 9.17) is 11.6 Å². The molecule has 0 amide bonds. The van der Waals surface area contributed by atoms with E-state index in [1.165, 1.54) is 12.1 Å². The van der Waals surface area contributed by atoms with Gasteiger partial charge in [-0.3, -0.25) is 0 Å². The van der Waals surface area contributed by atoms with Crippen LogP contribution in [0.3, 0.4) is 0 Å². The fourth-order valence-corrected chi connectivity index (χ4v) is 2.06. The average Bonchev–Trinajstić information content (AvgIpc) is 2.40. The maximum atomic E-state index is 13.5. The number of aliphatic hydroxyl groups excluding tert-OH is 1. The molecule has 0 heterocycles. The molecule has 1 N–H and O–H groups in total. The third-order valence-corrected chi connectivity index (χ3v) is 3.11. The Morgan fingerprint density at radius 2 is 1.83 bits per heavy atom. The molecule has 0 fully saturated rings. The largest absolute Gasteiger partial charge is 0.388 e. The molecule has 3 heteroatoms. The summed E-state index contributed by atoms with van der Waals surface area (Å²) in [6.07, 6.45) is 0.355. The molecule has 94 valence electrons. The molecule has 2 rings (SSSR count). The molecule has 1 nitrogen and oxygen atoms in total. The second-order valence-corrected chi connectivity index (χ2v) is 4.64. The highest BCUT2D eigenvalue weighted by molar-refractivity contribution is 6.30. The van der Waals surface area contributed by atoms with Crippen LogP contribution in [0.2, 0.25) is 5.02 Å². The van der Waals surface area contributed by atoms with Crippen LogP contribution in [0.4, 0.5) is 4.39 Å². The van der Waals surface area contributed by atoms with Gasteiger partial charge in [-0.25, -0.2) is 4.39 Å². The third-order valence-electron chi connectivity index (χ3n) is 2.88. The van der Waals surface area contributed by atoms with Crippen molar-refractivity contribution in [3.63, 3.8) is 0 Å². The molecule has 2 aromatic carbocycles. The van der Waals surface area contributed by atoms with E-state index in [1.54, 1.807) is 6.07 Å². The highest BCUT2D eigenvalue weighted by atomic mass is 35.5. The van der Waals surface area contributed by atoms with Crippen LogP contribution in [-0.4, -0.2) is 5.11 Å². The van der Waals surface area contributed by atoms with Crippen LogP contribution in [0.25, 0.3) is 0 Å². The molecule has 0 aliphatic rings. The Hall–Kier alpha value is -1.38. The molecule has 0 saturated heterocycles. The van der Waals surface area contributed by atoms with Gasteiger partial charge in [0.1, 0.15) is 5.82 Å². The summed E-state index contributed by atoms with van der Waals surface area (Å²) in [6.45, 7) is 0. The van der Waals surface area contributed by atoms with Gasteiger partial charge in [0, 0.05) is 5.02 Å². The van der Waals surface area contributed by atoms with Crippen LogP contribution < -0.4 is 0 Å². The van der Waals surface area contributed by atoms with Crippen molar-refractivity contribution >= 4 is 11.6 Å². The number of aryl methyl sites for hydroxylation is 1. The Balaban J connectivity index is 2.01. The summed E-state index contributed by atoms with van der Waals surface area (Å²) >= 11 is 5.82. The van der Waals surface area contributed by atoms with Crippen molar-refractivity contribution in [2.45, 2.75) is 18.9 Å². The van der Waals surface area contributed by atoms with Gasteiger partial charge in [-0.2, -0.15) is 0 Å². The maximum absolute atomic E-state index is 13.5. The van der Waals surface area contributed by atoms with Crippen molar-refractivity contribution in [3.05, 3.63) is 70.5 Å². The first kappa shape index (κ1) is 13.1. The normalized spacial score (nSPS) is 12.4. The van der Waals surface area contributed by atoms with Crippen LogP contribution in [0.15, 0.2) is 48.5 Å². The monoisotopic (exact) mass is 264 g/mol. The highest BCUT2D eigenvalue weighted by Crippen LogP contribution is 2.21. The smallest absolute Gasteiger partial charge is 0.126 e. The predicted octanol–water partition coefficient (Wildman–Crippen LogP) is 4.15. The molecule has 1 atom stereocenters. The van der Waals surface area contributed by atoms with Crippen LogP contribution in [0, 0.1) is 5.82 Å². The Bertz CT molecular complexity index is 513. The lowest BCUT2D eigenvalue weighted by Gasteiger charge is -2.11. The van der Waals surface area contributed by atoms with Gasteiger partial charge in [-0.1, -0.05) is 41.9 Å². The van der Waals surface area contributed by atoms with Crippen LogP contribution in [-0.2, 0) is 6.42 Å². The zero-order valence-electron chi connectivity index (χ0n) is 9.81. The van der Waals surface area contributed by atoms with Crippen molar-refractivity contribution < 1.29 is 9.50 Å². The van der Waals surface area contributed by atoms with Crippen molar-refractivity contribution in [2.24, 2.45) is 0 Å². The molecule has 0 saturated carbocycles. The Labute approximate surface area is 111 Å². The van der Waals surface area contributed by atoms with Crippen LogP contribution in [0.1, 0.15) is 23.7 Å². The zero-order chi connectivity index (χ0) is 13.0. The first-order valence-corrected chi connectivity index (χ1v) is 6.21. The molecule has 0 aliphatic heterocycles. The number of rotatable bonds is 4. The van der Waals surface area contributed by atoms with Crippen LogP contribution in [0.5, 0.6) is 0 Å². The van der Waals surface area contributed by atoms with E-state index in [0.717, 1.165) is 5.56 Å². The molecule has 0 aliphatic carbocycles. The second kappa shape index (κ2) is 5.98. The molecule has 0 bridgehead atoms. The molecule has 18 heavy (non-hydrogen) atoms. The molecule has 0 radical (unpaired) electrons. The summed E-state index contributed by atoms with van der Waals surface area (Å²) in [7, 11) is 0.